The van der Waals surface area contributed by atoms with Crippen molar-refractivity contribution in [2.75, 3.05) is 31.2 Å². The van der Waals surface area contributed by atoms with Crippen LogP contribution in [0.1, 0.15) is 23.2 Å². The highest BCUT2D eigenvalue weighted by atomic mass is 16.5. The third kappa shape index (κ3) is 3.39. The number of carbonyl (C=O) groups excluding carboxylic acids is 1. The lowest BCUT2D eigenvalue weighted by molar-refractivity contribution is 0.0793. The van der Waals surface area contributed by atoms with Crippen LogP contribution in [0.2, 0.25) is 0 Å². The molecule has 0 spiro atoms. The standard InChI is InChI=1S/C18H21N3O2/c1-23-15-7-5-14(6-8-15)20-17-9-4-13(12-16(17)19)18(22)21-10-2-3-11-21/h4-9,12,20H,2-3,10-11,19H2,1H3. The second-order valence-corrected chi connectivity index (χ2v) is 5.65. The van der Waals surface area contributed by atoms with E-state index in [-0.39, 0.29) is 5.91 Å². The van der Waals surface area contributed by atoms with Crippen LogP contribution < -0.4 is 15.8 Å². The maximum absolute atomic E-state index is 12.4. The lowest BCUT2D eigenvalue weighted by Crippen LogP contribution is -2.27. The van der Waals surface area contributed by atoms with E-state index in [0.29, 0.717) is 11.3 Å². The van der Waals surface area contributed by atoms with E-state index >= 15 is 0 Å². The molecular formula is C18H21N3O2. The fourth-order valence-corrected chi connectivity index (χ4v) is 2.74. The largest absolute Gasteiger partial charge is 0.497 e. The molecule has 0 unspecified atom stereocenters. The van der Waals surface area contributed by atoms with E-state index in [0.717, 1.165) is 43.1 Å². The smallest absolute Gasteiger partial charge is 0.253 e. The summed E-state index contributed by atoms with van der Waals surface area (Å²) < 4.78 is 5.14. The third-order valence-corrected chi connectivity index (χ3v) is 4.06. The van der Waals surface area contributed by atoms with E-state index in [1.807, 2.05) is 41.3 Å². The topological polar surface area (TPSA) is 67.6 Å². The first-order valence-corrected chi connectivity index (χ1v) is 7.77. The van der Waals surface area contributed by atoms with Crippen molar-refractivity contribution in [3.63, 3.8) is 0 Å². The molecule has 1 fully saturated rings. The lowest BCUT2D eigenvalue weighted by atomic mass is 10.1. The predicted octanol–water partition coefficient (Wildman–Crippen LogP) is 3.26. The molecule has 120 valence electrons. The van der Waals surface area contributed by atoms with Gasteiger partial charge in [-0.05, 0) is 55.3 Å². The summed E-state index contributed by atoms with van der Waals surface area (Å²) in [6.45, 7) is 1.68. The van der Waals surface area contributed by atoms with Crippen LogP contribution in [0, 0.1) is 0 Å². The molecule has 3 N–H and O–H groups in total. The average molecular weight is 311 g/mol. The molecule has 0 radical (unpaired) electrons. The number of ether oxygens (including phenoxy) is 1. The Balaban J connectivity index is 1.74. The summed E-state index contributed by atoms with van der Waals surface area (Å²) in [5.74, 6) is 0.861. The minimum absolute atomic E-state index is 0.0604. The molecule has 0 saturated carbocycles. The fourth-order valence-electron chi connectivity index (χ4n) is 2.74. The number of nitrogens with one attached hydrogen (secondary N) is 1. The van der Waals surface area contributed by atoms with Gasteiger partial charge in [0, 0.05) is 24.3 Å². The number of benzene rings is 2. The van der Waals surface area contributed by atoms with Gasteiger partial charge in [-0.2, -0.15) is 0 Å². The van der Waals surface area contributed by atoms with Crippen LogP contribution in [0.5, 0.6) is 5.75 Å². The summed E-state index contributed by atoms with van der Waals surface area (Å²) in [7, 11) is 1.64. The molecule has 1 amide bonds. The minimum atomic E-state index is 0.0604. The molecule has 0 atom stereocenters. The Morgan fingerprint density at radius 3 is 2.43 bits per heavy atom. The van der Waals surface area contributed by atoms with Gasteiger partial charge in [0.2, 0.25) is 0 Å². The highest BCUT2D eigenvalue weighted by Gasteiger charge is 2.19. The second kappa shape index (κ2) is 6.60. The molecule has 1 heterocycles. The Morgan fingerprint density at radius 1 is 1.13 bits per heavy atom. The number of carbonyl (C=O) groups is 1. The SMILES string of the molecule is COc1ccc(Nc2ccc(C(=O)N3CCCC3)cc2N)cc1. The zero-order valence-electron chi connectivity index (χ0n) is 13.2. The number of methoxy groups -OCH3 is 1. The number of nitrogens with two attached hydrogens (primary N) is 1. The Hall–Kier alpha value is -2.69. The summed E-state index contributed by atoms with van der Waals surface area (Å²) in [4.78, 5) is 14.3. The number of nitrogen functional groups attached to an aromatic ring is 1. The van der Waals surface area contributed by atoms with Crippen molar-refractivity contribution in [3.05, 3.63) is 48.0 Å². The van der Waals surface area contributed by atoms with Gasteiger partial charge in [0.1, 0.15) is 5.75 Å². The molecule has 0 aliphatic carbocycles. The third-order valence-electron chi connectivity index (χ3n) is 4.06. The van der Waals surface area contributed by atoms with Crippen molar-refractivity contribution in [2.45, 2.75) is 12.8 Å². The van der Waals surface area contributed by atoms with E-state index in [9.17, 15) is 4.79 Å². The van der Waals surface area contributed by atoms with Crippen LogP contribution in [0.25, 0.3) is 0 Å². The van der Waals surface area contributed by atoms with Crippen molar-refractivity contribution in [1.82, 2.24) is 4.90 Å². The molecule has 1 aliphatic rings. The summed E-state index contributed by atoms with van der Waals surface area (Å²) in [5, 5.41) is 3.25. The fraction of sp³-hybridized carbons (Fsp3) is 0.278. The van der Waals surface area contributed by atoms with Crippen LogP contribution in [-0.2, 0) is 0 Å². The van der Waals surface area contributed by atoms with Gasteiger partial charge in [0.25, 0.3) is 5.91 Å². The van der Waals surface area contributed by atoms with Crippen LogP contribution in [-0.4, -0.2) is 31.0 Å². The number of hydrogen-bond donors (Lipinski definition) is 2. The quantitative estimate of drug-likeness (QED) is 0.851. The van der Waals surface area contributed by atoms with Crippen LogP contribution in [0.15, 0.2) is 42.5 Å². The first-order valence-electron chi connectivity index (χ1n) is 7.77. The van der Waals surface area contributed by atoms with Crippen molar-refractivity contribution in [2.24, 2.45) is 0 Å². The highest BCUT2D eigenvalue weighted by molar-refractivity contribution is 5.96. The van der Waals surface area contributed by atoms with Gasteiger partial charge in [-0.25, -0.2) is 0 Å². The second-order valence-electron chi connectivity index (χ2n) is 5.65. The summed E-state index contributed by atoms with van der Waals surface area (Å²) in [5.41, 5.74) is 9.01. The van der Waals surface area contributed by atoms with Gasteiger partial charge in [0.05, 0.1) is 18.5 Å². The van der Waals surface area contributed by atoms with Crippen molar-refractivity contribution in [3.8, 4) is 5.75 Å². The molecule has 0 aromatic heterocycles. The number of anilines is 3. The Morgan fingerprint density at radius 2 is 1.83 bits per heavy atom. The molecule has 5 nitrogen and oxygen atoms in total. The molecular weight excluding hydrogens is 290 g/mol. The Bertz CT molecular complexity index is 692. The normalized spacial score (nSPS) is 13.9. The number of hydrogen-bond acceptors (Lipinski definition) is 4. The van der Waals surface area contributed by atoms with E-state index in [1.54, 1.807) is 13.2 Å². The van der Waals surface area contributed by atoms with E-state index in [2.05, 4.69) is 5.32 Å². The van der Waals surface area contributed by atoms with Gasteiger partial charge < -0.3 is 20.7 Å². The lowest BCUT2D eigenvalue weighted by Gasteiger charge is -2.16. The molecule has 2 aromatic rings. The Labute approximate surface area is 136 Å². The summed E-state index contributed by atoms with van der Waals surface area (Å²) in [6, 6.07) is 13.0. The first kappa shape index (κ1) is 15.2. The number of amides is 1. The average Bonchev–Trinajstić information content (AvgIpc) is 3.11. The zero-order valence-corrected chi connectivity index (χ0v) is 13.2. The number of nitrogens with zero attached hydrogens (tertiary/aromatic N) is 1. The molecule has 1 aliphatic heterocycles. The maximum atomic E-state index is 12.4. The van der Waals surface area contributed by atoms with Crippen molar-refractivity contribution < 1.29 is 9.53 Å². The van der Waals surface area contributed by atoms with E-state index in [1.165, 1.54) is 0 Å². The summed E-state index contributed by atoms with van der Waals surface area (Å²) in [6.07, 6.45) is 2.16. The van der Waals surface area contributed by atoms with Crippen LogP contribution >= 0.6 is 0 Å². The first-order chi connectivity index (χ1) is 11.2. The van der Waals surface area contributed by atoms with Crippen LogP contribution in [0.3, 0.4) is 0 Å². The molecule has 0 bridgehead atoms. The highest BCUT2D eigenvalue weighted by Crippen LogP contribution is 2.26. The van der Waals surface area contributed by atoms with Crippen molar-refractivity contribution in [1.29, 1.82) is 0 Å². The van der Waals surface area contributed by atoms with Crippen LogP contribution in [0.4, 0.5) is 17.1 Å². The molecule has 2 aromatic carbocycles. The van der Waals surface area contributed by atoms with Gasteiger partial charge in [0.15, 0.2) is 0 Å². The maximum Gasteiger partial charge on any atom is 0.253 e. The van der Waals surface area contributed by atoms with E-state index < -0.39 is 0 Å². The minimum Gasteiger partial charge on any atom is -0.497 e. The van der Waals surface area contributed by atoms with Crippen molar-refractivity contribution >= 4 is 23.0 Å². The Kier molecular flexibility index (Phi) is 4.37. The number of likely N-dealkylation sites (tertiary alicyclic amines) is 1. The van der Waals surface area contributed by atoms with Gasteiger partial charge >= 0.3 is 0 Å². The van der Waals surface area contributed by atoms with Gasteiger partial charge in [-0.3, -0.25) is 4.79 Å². The van der Waals surface area contributed by atoms with Gasteiger partial charge in [-0.15, -0.1) is 0 Å². The predicted molar refractivity (Wildman–Crippen MR) is 92.3 cm³/mol. The molecule has 5 heteroatoms. The number of rotatable bonds is 4. The zero-order chi connectivity index (χ0) is 16.2. The van der Waals surface area contributed by atoms with Gasteiger partial charge in [-0.1, -0.05) is 0 Å². The van der Waals surface area contributed by atoms with E-state index in [4.69, 9.17) is 10.5 Å². The molecule has 3 rings (SSSR count). The molecule has 1 saturated heterocycles. The summed E-state index contributed by atoms with van der Waals surface area (Å²) >= 11 is 0. The molecule has 23 heavy (non-hydrogen) atoms. The monoisotopic (exact) mass is 311 g/mol.